The molecular weight excluding hydrogens is 224 g/mol. The van der Waals surface area contributed by atoms with Crippen molar-refractivity contribution in [1.29, 1.82) is 0 Å². The first-order valence-corrected chi connectivity index (χ1v) is 5.53. The molecule has 0 aliphatic carbocycles. The summed E-state index contributed by atoms with van der Waals surface area (Å²) in [6, 6.07) is 5.57. The number of benzene rings is 1. The summed E-state index contributed by atoms with van der Waals surface area (Å²) in [5.74, 6) is -0.0661. The van der Waals surface area contributed by atoms with Crippen LogP contribution in [0.15, 0.2) is 24.4 Å². The van der Waals surface area contributed by atoms with E-state index in [0.29, 0.717) is 10.6 Å². The zero-order valence-corrected chi connectivity index (χ0v) is 9.93. The number of aromatic amines is 1. The van der Waals surface area contributed by atoms with Gasteiger partial charge in [-0.1, -0.05) is 17.7 Å². The second-order valence-electron chi connectivity index (χ2n) is 4.02. The molecule has 1 aromatic carbocycles. The topological polar surface area (TPSA) is 44.9 Å². The zero-order chi connectivity index (χ0) is 11.7. The first-order chi connectivity index (χ1) is 7.58. The van der Waals surface area contributed by atoms with E-state index in [1.165, 1.54) is 0 Å². The Bertz CT molecular complexity index is 531. The number of rotatable bonds is 2. The number of carbonyl (C=O) groups is 1. The summed E-state index contributed by atoms with van der Waals surface area (Å²) in [6.07, 6.45) is 1.71. The van der Waals surface area contributed by atoms with E-state index in [1.807, 2.05) is 26.0 Å². The molecule has 0 radical (unpaired) electrons. The van der Waals surface area contributed by atoms with Crippen LogP contribution in [0.4, 0.5) is 0 Å². The minimum Gasteiger partial charge on any atom is -0.360 e. The quantitative estimate of drug-likeness (QED) is 0.827. The predicted molar refractivity (Wildman–Crippen MR) is 65.9 cm³/mol. The molecule has 0 aliphatic heterocycles. The minimum atomic E-state index is -0.0661. The number of H-pyrrole nitrogens is 1. The van der Waals surface area contributed by atoms with Gasteiger partial charge < -0.3 is 10.3 Å². The SMILES string of the molecule is CC(C)NC(=O)c1c[nH]c2cc(Cl)ccc12. The molecule has 2 rings (SSSR count). The third-order valence-electron chi connectivity index (χ3n) is 2.31. The van der Waals surface area contributed by atoms with Crippen LogP contribution >= 0.6 is 11.6 Å². The average molecular weight is 237 g/mol. The van der Waals surface area contributed by atoms with E-state index in [0.717, 1.165) is 10.9 Å². The van der Waals surface area contributed by atoms with Gasteiger partial charge in [0, 0.05) is 28.2 Å². The summed E-state index contributed by atoms with van der Waals surface area (Å²) in [5.41, 5.74) is 1.53. The highest BCUT2D eigenvalue weighted by molar-refractivity contribution is 6.31. The monoisotopic (exact) mass is 236 g/mol. The highest BCUT2D eigenvalue weighted by atomic mass is 35.5. The standard InChI is InChI=1S/C12H13ClN2O/c1-7(2)15-12(16)10-6-14-11-5-8(13)3-4-9(10)11/h3-7,14H,1-2H3,(H,15,16). The van der Waals surface area contributed by atoms with Gasteiger partial charge in [-0.3, -0.25) is 4.79 Å². The van der Waals surface area contributed by atoms with Gasteiger partial charge in [-0.25, -0.2) is 0 Å². The Morgan fingerprint density at radius 3 is 2.88 bits per heavy atom. The Morgan fingerprint density at radius 2 is 2.19 bits per heavy atom. The van der Waals surface area contributed by atoms with Crippen LogP contribution in [0.25, 0.3) is 10.9 Å². The molecule has 0 bridgehead atoms. The van der Waals surface area contributed by atoms with E-state index < -0.39 is 0 Å². The second-order valence-corrected chi connectivity index (χ2v) is 4.46. The molecule has 0 atom stereocenters. The third kappa shape index (κ3) is 2.04. The van der Waals surface area contributed by atoms with Crippen molar-refractivity contribution in [3.63, 3.8) is 0 Å². The summed E-state index contributed by atoms with van der Waals surface area (Å²) in [7, 11) is 0. The summed E-state index contributed by atoms with van der Waals surface area (Å²) in [5, 5.41) is 4.41. The molecule has 1 amide bonds. The van der Waals surface area contributed by atoms with Gasteiger partial charge in [0.25, 0.3) is 5.91 Å². The van der Waals surface area contributed by atoms with Crippen molar-refractivity contribution in [2.45, 2.75) is 19.9 Å². The molecule has 4 heteroatoms. The number of fused-ring (bicyclic) bond motifs is 1. The highest BCUT2D eigenvalue weighted by Crippen LogP contribution is 2.21. The molecule has 0 saturated heterocycles. The Hall–Kier alpha value is -1.48. The molecule has 0 unspecified atom stereocenters. The van der Waals surface area contributed by atoms with Crippen molar-refractivity contribution in [2.75, 3.05) is 0 Å². The highest BCUT2D eigenvalue weighted by Gasteiger charge is 2.12. The second kappa shape index (κ2) is 4.18. The maximum absolute atomic E-state index is 11.9. The van der Waals surface area contributed by atoms with E-state index >= 15 is 0 Å². The van der Waals surface area contributed by atoms with Crippen molar-refractivity contribution >= 4 is 28.4 Å². The number of aromatic nitrogens is 1. The lowest BCUT2D eigenvalue weighted by Crippen LogP contribution is -2.29. The van der Waals surface area contributed by atoms with E-state index in [4.69, 9.17) is 11.6 Å². The summed E-state index contributed by atoms with van der Waals surface area (Å²) < 4.78 is 0. The van der Waals surface area contributed by atoms with Gasteiger partial charge >= 0.3 is 0 Å². The maximum atomic E-state index is 11.9. The summed E-state index contributed by atoms with van der Waals surface area (Å²) >= 11 is 5.87. The molecule has 0 saturated carbocycles. The predicted octanol–water partition coefficient (Wildman–Crippen LogP) is 2.96. The van der Waals surface area contributed by atoms with Crippen molar-refractivity contribution < 1.29 is 4.79 Å². The van der Waals surface area contributed by atoms with Crippen molar-refractivity contribution in [2.24, 2.45) is 0 Å². The van der Waals surface area contributed by atoms with Crippen molar-refractivity contribution in [3.05, 3.63) is 35.0 Å². The maximum Gasteiger partial charge on any atom is 0.253 e. The molecule has 0 aliphatic rings. The minimum absolute atomic E-state index is 0.0661. The van der Waals surface area contributed by atoms with Gasteiger partial charge in [0.1, 0.15) is 0 Å². The van der Waals surface area contributed by atoms with Gasteiger partial charge in [-0.05, 0) is 26.0 Å². The lowest BCUT2D eigenvalue weighted by Gasteiger charge is -2.06. The summed E-state index contributed by atoms with van der Waals surface area (Å²) in [6.45, 7) is 3.87. The van der Waals surface area contributed by atoms with Crippen LogP contribution in [0.1, 0.15) is 24.2 Å². The number of hydrogen-bond donors (Lipinski definition) is 2. The molecule has 16 heavy (non-hydrogen) atoms. The van der Waals surface area contributed by atoms with Crippen LogP contribution < -0.4 is 5.32 Å². The van der Waals surface area contributed by atoms with E-state index in [9.17, 15) is 4.79 Å². The van der Waals surface area contributed by atoms with Crippen LogP contribution in [-0.2, 0) is 0 Å². The van der Waals surface area contributed by atoms with Gasteiger partial charge in [0.2, 0.25) is 0 Å². The third-order valence-corrected chi connectivity index (χ3v) is 2.54. The van der Waals surface area contributed by atoms with Gasteiger partial charge in [0.05, 0.1) is 5.56 Å². The average Bonchev–Trinajstić information content (AvgIpc) is 2.59. The zero-order valence-electron chi connectivity index (χ0n) is 9.17. The molecule has 0 spiro atoms. The Kier molecular flexibility index (Phi) is 2.88. The fraction of sp³-hybridized carbons (Fsp3) is 0.250. The fourth-order valence-corrected chi connectivity index (χ4v) is 1.80. The van der Waals surface area contributed by atoms with E-state index in [1.54, 1.807) is 12.3 Å². The lowest BCUT2D eigenvalue weighted by molar-refractivity contribution is 0.0945. The Labute approximate surface area is 98.8 Å². The van der Waals surface area contributed by atoms with Crippen LogP contribution in [0.3, 0.4) is 0 Å². The molecule has 3 nitrogen and oxygen atoms in total. The molecule has 84 valence electrons. The molecule has 0 fully saturated rings. The van der Waals surface area contributed by atoms with Gasteiger partial charge in [-0.2, -0.15) is 0 Å². The number of carbonyl (C=O) groups excluding carboxylic acids is 1. The number of hydrogen-bond acceptors (Lipinski definition) is 1. The smallest absolute Gasteiger partial charge is 0.253 e. The number of halogens is 1. The molecule has 2 N–H and O–H groups in total. The molecular formula is C12H13ClN2O. The Morgan fingerprint density at radius 1 is 1.44 bits per heavy atom. The molecule has 1 aromatic heterocycles. The van der Waals surface area contributed by atoms with Crippen molar-refractivity contribution in [3.8, 4) is 0 Å². The lowest BCUT2D eigenvalue weighted by atomic mass is 10.1. The molecule has 2 aromatic rings. The first kappa shape index (κ1) is 11.0. The summed E-state index contributed by atoms with van der Waals surface area (Å²) in [4.78, 5) is 14.9. The largest absolute Gasteiger partial charge is 0.360 e. The first-order valence-electron chi connectivity index (χ1n) is 5.15. The number of nitrogens with one attached hydrogen (secondary N) is 2. The Balaban J connectivity index is 2.42. The fourth-order valence-electron chi connectivity index (χ4n) is 1.63. The normalized spacial score (nSPS) is 11.0. The van der Waals surface area contributed by atoms with E-state index in [-0.39, 0.29) is 11.9 Å². The van der Waals surface area contributed by atoms with Crippen LogP contribution in [-0.4, -0.2) is 16.9 Å². The van der Waals surface area contributed by atoms with Crippen LogP contribution in [0.2, 0.25) is 5.02 Å². The van der Waals surface area contributed by atoms with Crippen molar-refractivity contribution in [1.82, 2.24) is 10.3 Å². The van der Waals surface area contributed by atoms with E-state index in [2.05, 4.69) is 10.3 Å². The van der Waals surface area contributed by atoms with Crippen LogP contribution in [0.5, 0.6) is 0 Å². The molecule has 1 heterocycles. The van der Waals surface area contributed by atoms with Gasteiger partial charge in [-0.15, -0.1) is 0 Å². The van der Waals surface area contributed by atoms with Gasteiger partial charge in [0.15, 0.2) is 0 Å². The van der Waals surface area contributed by atoms with Crippen LogP contribution in [0, 0.1) is 0 Å². The number of amides is 1.